The Morgan fingerprint density at radius 3 is 2.88 bits per heavy atom. The molecule has 3 heteroatoms. The lowest BCUT2D eigenvalue weighted by atomic mass is 10.1. The fourth-order valence-electron chi connectivity index (χ4n) is 2.12. The second-order valence-electron chi connectivity index (χ2n) is 4.53. The number of nitrogens with two attached hydrogens (primary N) is 1. The Morgan fingerprint density at radius 1 is 1.29 bits per heavy atom. The molecule has 0 unspecified atom stereocenters. The van der Waals surface area contributed by atoms with Crippen LogP contribution in [0.3, 0.4) is 0 Å². The molecule has 94 valence electrons. The molecule has 0 aromatic heterocycles. The van der Waals surface area contributed by atoms with E-state index in [0.717, 1.165) is 30.6 Å². The van der Waals surface area contributed by atoms with Crippen LogP contribution in [0.1, 0.15) is 24.8 Å². The highest BCUT2D eigenvalue weighted by molar-refractivity contribution is 7.99. The maximum Gasteiger partial charge on any atom is 0.0476 e. The van der Waals surface area contributed by atoms with Crippen LogP contribution >= 0.6 is 11.8 Å². The highest BCUT2D eigenvalue weighted by Crippen LogP contribution is 2.23. The van der Waals surface area contributed by atoms with Gasteiger partial charge in [-0.25, -0.2) is 0 Å². The van der Waals surface area contributed by atoms with E-state index in [1.165, 1.54) is 30.6 Å². The molecule has 0 atom stereocenters. The predicted octanol–water partition coefficient (Wildman–Crippen LogP) is 3.11. The van der Waals surface area contributed by atoms with Crippen molar-refractivity contribution in [2.24, 2.45) is 0 Å². The molecular formula is C14H21NOS. The maximum absolute atomic E-state index is 5.76. The van der Waals surface area contributed by atoms with E-state index < -0.39 is 0 Å². The molecule has 0 amide bonds. The fourth-order valence-corrected chi connectivity index (χ4v) is 3.29. The van der Waals surface area contributed by atoms with Gasteiger partial charge in [0.15, 0.2) is 0 Å². The van der Waals surface area contributed by atoms with Gasteiger partial charge in [-0.2, -0.15) is 11.8 Å². The molecule has 2 nitrogen and oxygen atoms in total. The van der Waals surface area contributed by atoms with Crippen molar-refractivity contribution in [1.82, 2.24) is 0 Å². The molecule has 17 heavy (non-hydrogen) atoms. The molecule has 0 aliphatic carbocycles. The first-order valence-electron chi connectivity index (χ1n) is 6.38. The normalized spacial score (nSPS) is 17.2. The van der Waals surface area contributed by atoms with Crippen LogP contribution in [-0.2, 0) is 11.2 Å². The molecule has 1 saturated heterocycles. The number of aryl methyl sites for hydroxylation is 1. The van der Waals surface area contributed by atoms with Crippen molar-refractivity contribution in [2.75, 3.05) is 24.7 Å². The van der Waals surface area contributed by atoms with Crippen molar-refractivity contribution in [2.45, 2.75) is 30.9 Å². The van der Waals surface area contributed by atoms with Crippen LogP contribution in [0.5, 0.6) is 0 Å². The van der Waals surface area contributed by atoms with Gasteiger partial charge in [-0.05, 0) is 49.1 Å². The maximum atomic E-state index is 5.76. The van der Waals surface area contributed by atoms with E-state index >= 15 is 0 Å². The summed E-state index contributed by atoms with van der Waals surface area (Å²) in [5, 5.41) is 0.824. The van der Waals surface area contributed by atoms with Crippen molar-refractivity contribution in [3.63, 3.8) is 0 Å². The van der Waals surface area contributed by atoms with Crippen LogP contribution in [0.4, 0.5) is 5.69 Å². The lowest BCUT2D eigenvalue weighted by Gasteiger charge is -2.21. The van der Waals surface area contributed by atoms with Gasteiger partial charge in [-0.15, -0.1) is 0 Å². The van der Waals surface area contributed by atoms with Gasteiger partial charge in [-0.1, -0.05) is 12.1 Å². The van der Waals surface area contributed by atoms with Crippen LogP contribution in [0, 0.1) is 0 Å². The number of hydrogen-bond acceptors (Lipinski definition) is 3. The summed E-state index contributed by atoms with van der Waals surface area (Å²) in [6, 6.07) is 8.23. The van der Waals surface area contributed by atoms with E-state index in [9.17, 15) is 0 Å². The highest BCUT2D eigenvalue weighted by atomic mass is 32.2. The minimum atomic E-state index is 0.824. The average molecular weight is 251 g/mol. The zero-order valence-corrected chi connectivity index (χ0v) is 11.0. The number of rotatable bonds is 5. The summed E-state index contributed by atoms with van der Waals surface area (Å²) >= 11 is 2.11. The highest BCUT2D eigenvalue weighted by Gasteiger charge is 2.13. The Balaban J connectivity index is 1.62. The van der Waals surface area contributed by atoms with E-state index in [4.69, 9.17) is 10.5 Å². The van der Waals surface area contributed by atoms with Gasteiger partial charge in [0.05, 0.1) is 0 Å². The Morgan fingerprint density at radius 2 is 2.12 bits per heavy atom. The monoisotopic (exact) mass is 251 g/mol. The third kappa shape index (κ3) is 4.60. The van der Waals surface area contributed by atoms with Gasteiger partial charge in [0.25, 0.3) is 0 Å². The molecule has 2 rings (SSSR count). The van der Waals surface area contributed by atoms with E-state index in [0.29, 0.717) is 0 Å². The van der Waals surface area contributed by atoms with E-state index in [1.54, 1.807) is 0 Å². The van der Waals surface area contributed by atoms with Crippen molar-refractivity contribution < 1.29 is 4.74 Å². The molecule has 0 saturated carbocycles. The number of nitrogen functional groups attached to an aromatic ring is 1. The zero-order chi connectivity index (χ0) is 11.9. The van der Waals surface area contributed by atoms with Crippen molar-refractivity contribution in [1.29, 1.82) is 0 Å². The second kappa shape index (κ2) is 6.92. The number of thioether (sulfide) groups is 1. The Kier molecular flexibility index (Phi) is 5.20. The van der Waals surface area contributed by atoms with E-state index in [1.807, 2.05) is 12.1 Å². The summed E-state index contributed by atoms with van der Waals surface area (Å²) in [7, 11) is 0. The minimum Gasteiger partial charge on any atom is -0.399 e. The van der Waals surface area contributed by atoms with E-state index in [-0.39, 0.29) is 0 Å². The smallest absolute Gasteiger partial charge is 0.0476 e. The summed E-state index contributed by atoms with van der Waals surface area (Å²) in [6.45, 7) is 1.90. The topological polar surface area (TPSA) is 35.2 Å². The molecular weight excluding hydrogens is 230 g/mol. The lowest BCUT2D eigenvalue weighted by molar-refractivity contribution is 0.100. The summed E-state index contributed by atoms with van der Waals surface area (Å²) in [6.07, 6.45) is 4.83. The molecule has 0 spiro atoms. The third-order valence-electron chi connectivity index (χ3n) is 3.08. The molecule has 1 aromatic carbocycles. The van der Waals surface area contributed by atoms with Crippen LogP contribution in [0.15, 0.2) is 24.3 Å². The lowest BCUT2D eigenvalue weighted by Crippen LogP contribution is -2.17. The summed E-state index contributed by atoms with van der Waals surface area (Å²) in [5.74, 6) is 1.25. The minimum absolute atomic E-state index is 0.824. The van der Waals surface area contributed by atoms with Crippen molar-refractivity contribution in [3.05, 3.63) is 29.8 Å². The molecule has 1 aromatic rings. The predicted molar refractivity (Wildman–Crippen MR) is 75.5 cm³/mol. The van der Waals surface area contributed by atoms with Crippen molar-refractivity contribution >= 4 is 17.4 Å². The summed E-state index contributed by atoms with van der Waals surface area (Å²) < 4.78 is 5.36. The molecule has 1 aliphatic rings. The van der Waals surface area contributed by atoms with Crippen LogP contribution in [0.25, 0.3) is 0 Å². The van der Waals surface area contributed by atoms with Gasteiger partial charge >= 0.3 is 0 Å². The average Bonchev–Trinajstić information content (AvgIpc) is 2.36. The van der Waals surface area contributed by atoms with Crippen LogP contribution in [-0.4, -0.2) is 24.2 Å². The van der Waals surface area contributed by atoms with Crippen LogP contribution in [0.2, 0.25) is 0 Å². The van der Waals surface area contributed by atoms with Gasteiger partial charge in [-0.3, -0.25) is 0 Å². The molecule has 1 heterocycles. The fraction of sp³-hybridized carbons (Fsp3) is 0.571. The Labute approximate surface area is 108 Å². The molecule has 0 bridgehead atoms. The van der Waals surface area contributed by atoms with Gasteiger partial charge < -0.3 is 10.5 Å². The van der Waals surface area contributed by atoms with Crippen LogP contribution < -0.4 is 5.73 Å². The first-order chi connectivity index (χ1) is 8.34. The Hall–Kier alpha value is -0.670. The second-order valence-corrected chi connectivity index (χ2v) is 5.94. The number of benzene rings is 1. The SMILES string of the molecule is Nc1cccc(CCCSC2CCOCC2)c1. The zero-order valence-electron chi connectivity index (χ0n) is 10.2. The molecule has 1 fully saturated rings. The number of hydrogen-bond donors (Lipinski definition) is 1. The van der Waals surface area contributed by atoms with Gasteiger partial charge in [0.2, 0.25) is 0 Å². The first kappa shape index (κ1) is 12.8. The van der Waals surface area contributed by atoms with Gasteiger partial charge in [0, 0.05) is 24.2 Å². The number of anilines is 1. The standard InChI is InChI=1S/C14H21NOS/c15-13-5-1-3-12(11-13)4-2-10-17-14-6-8-16-9-7-14/h1,3,5,11,14H,2,4,6-10,15H2. The van der Waals surface area contributed by atoms with E-state index in [2.05, 4.69) is 23.9 Å². The van der Waals surface area contributed by atoms with Crippen molar-refractivity contribution in [3.8, 4) is 0 Å². The quantitative estimate of drug-likeness (QED) is 0.645. The molecule has 0 radical (unpaired) electrons. The third-order valence-corrected chi connectivity index (χ3v) is 4.55. The number of ether oxygens (including phenoxy) is 1. The largest absolute Gasteiger partial charge is 0.399 e. The molecule has 2 N–H and O–H groups in total. The molecule has 1 aliphatic heterocycles. The first-order valence-corrected chi connectivity index (χ1v) is 7.43. The van der Waals surface area contributed by atoms with Gasteiger partial charge in [0.1, 0.15) is 0 Å². The Bertz CT molecular complexity index is 337. The summed E-state index contributed by atoms with van der Waals surface area (Å²) in [5.41, 5.74) is 7.99. The summed E-state index contributed by atoms with van der Waals surface area (Å²) in [4.78, 5) is 0.